The van der Waals surface area contributed by atoms with Gasteiger partial charge in [-0.2, -0.15) is 4.31 Å². The fraction of sp³-hybridized carbons (Fsp3) is 0.333. The van der Waals surface area contributed by atoms with Gasteiger partial charge in [-0.15, -0.1) is 0 Å². The number of anilines is 1. The van der Waals surface area contributed by atoms with Crippen molar-refractivity contribution in [2.24, 2.45) is 0 Å². The van der Waals surface area contributed by atoms with Crippen LogP contribution in [0.25, 0.3) is 11.3 Å². The molecule has 8 heteroatoms. The van der Waals surface area contributed by atoms with Gasteiger partial charge in [-0.05, 0) is 56.0 Å². The minimum atomic E-state index is -3.49. The lowest BCUT2D eigenvalue weighted by Crippen LogP contribution is -2.27. The van der Waals surface area contributed by atoms with Crippen LogP contribution in [0.5, 0.6) is 0 Å². The molecule has 0 bridgehead atoms. The van der Waals surface area contributed by atoms with Gasteiger partial charge in [0, 0.05) is 43.4 Å². The number of aromatic nitrogens is 2. The standard InChI is InChI=1S/C24H26N4O3S/c29-24(18-10-12-19(13-11-18)32(30,31)28-15-5-6-16-28)26-21-8-2-1-7-20(21)22-17-27-14-4-3-9-23(27)25-22/h1-2,7-8,10-13,17H,3-6,9,14-16H2,(H,26,29). The predicted octanol–water partition coefficient (Wildman–Crippen LogP) is 3.92. The Hall–Kier alpha value is -2.97. The van der Waals surface area contributed by atoms with Crippen LogP contribution in [0.1, 0.15) is 41.9 Å². The van der Waals surface area contributed by atoms with Gasteiger partial charge in [-0.3, -0.25) is 4.79 Å². The fourth-order valence-corrected chi connectivity index (χ4v) is 5.93. The number of sulfonamides is 1. The van der Waals surface area contributed by atoms with Crippen molar-refractivity contribution in [1.29, 1.82) is 0 Å². The first-order chi connectivity index (χ1) is 15.5. The van der Waals surface area contributed by atoms with E-state index in [0.717, 1.165) is 55.7 Å². The highest BCUT2D eigenvalue weighted by atomic mass is 32.2. The molecule has 0 saturated carbocycles. The lowest BCUT2D eigenvalue weighted by atomic mass is 10.1. The number of hydrogen-bond donors (Lipinski definition) is 1. The van der Waals surface area contributed by atoms with E-state index in [-0.39, 0.29) is 10.8 Å². The lowest BCUT2D eigenvalue weighted by Gasteiger charge is -2.15. The number of amides is 1. The quantitative estimate of drug-likeness (QED) is 0.639. The van der Waals surface area contributed by atoms with Gasteiger partial charge in [0.25, 0.3) is 5.91 Å². The van der Waals surface area contributed by atoms with Crippen LogP contribution >= 0.6 is 0 Å². The van der Waals surface area contributed by atoms with E-state index in [9.17, 15) is 13.2 Å². The summed E-state index contributed by atoms with van der Waals surface area (Å²) in [5.41, 5.74) is 2.81. The minimum Gasteiger partial charge on any atom is -0.334 e. The first kappa shape index (κ1) is 20.9. The fourth-order valence-electron chi connectivity index (χ4n) is 4.41. The number of nitrogens with one attached hydrogen (secondary N) is 1. The summed E-state index contributed by atoms with van der Waals surface area (Å²) in [6.07, 6.45) is 7.11. The average Bonchev–Trinajstić information content (AvgIpc) is 3.50. The molecule has 0 radical (unpaired) electrons. The molecule has 3 heterocycles. The second-order valence-corrected chi connectivity index (χ2v) is 10.3. The van der Waals surface area contributed by atoms with Crippen LogP contribution < -0.4 is 5.32 Å². The summed E-state index contributed by atoms with van der Waals surface area (Å²) in [6, 6.07) is 13.8. The third-order valence-corrected chi connectivity index (χ3v) is 8.09. The summed E-state index contributed by atoms with van der Waals surface area (Å²) in [4.78, 5) is 17.9. The van der Waals surface area contributed by atoms with Gasteiger partial charge < -0.3 is 9.88 Å². The molecule has 3 aromatic rings. The maximum absolute atomic E-state index is 12.9. The Morgan fingerprint density at radius 3 is 2.38 bits per heavy atom. The second-order valence-electron chi connectivity index (χ2n) is 8.33. The van der Waals surface area contributed by atoms with Crippen molar-refractivity contribution in [3.05, 3.63) is 66.1 Å². The van der Waals surface area contributed by atoms with E-state index in [1.807, 2.05) is 24.3 Å². The normalized spacial score (nSPS) is 16.6. The number of benzene rings is 2. The molecule has 1 fully saturated rings. The van der Waals surface area contributed by atoms with Gasteiger partial charge >= 0.3 is 0 Å². The van der Waals surface area contributed by atoms with Gasteiger partial charge in [0.1, 0.15) is 5.82 Å². The molecule has 166 valence electrons. The Balaban J connectivity index is 1.36. The van der Waals surface area contributed by atoms with E-state index < -0.39 is 10.0 Å². The first-order valence-electron chi connectivity index (χ1n) is 11.1. The number of rotatable bonds is 5. The summed E-state index contributed by atoms with van der Waals surface area (Å²) >= 11 is 0. The van der Waals surface area contributed by atoms with Crippen molar-refractivity contribution in [3.8, 4) is 11.3 Å². The van der Waals surface area contributed by atoms with Crippen molar-refractivity contribution in [2.75, 3.05) is 18.4 Å². The van der Waals surface area contributed by atoms with Crippen molar-refractivity contribution < 1.29 is 13.2 Å². The molecule has 1 aromatic heterocycles. The van der Waals surface area contributed by atoms with E-state index in [0.29, 0.717) is 24.3 Å². The molecule has 1 saturated heterocycles. The van der Waals surface area contributed by atoms with Gasteiger partial charge in [0.05, 0.1) is 16.3 Å². The SMILES string of the molecule is O=C(Nc1ccccc1-c1cn2c(n1)CCCC2)c1ccc(S(=O)(=O)N2CCCC2)cc1. The minimum absolute atomic E-state index is 0.222. The Kier molecular flexibility index (Phi) is 5.57. The summed E-state index contributed by atoms with van der Waals surface area (Å²) in [7, 11) is -3.49. The third kappa shape index (κ3) is 3.96. The number of aryl methyl sites for hydroxylation is 2. The molecular formula is C24H26N4O3S. The van der Waals surface area contributed by atoms with Gasteiger partial charge in [0.15, 0.2) is 0 Å². The predicted molar refractivity (Wildman–Crippen MR) is 123 cm³/mol. The van der Waals surface area contributed by atoms with E-state index in [4.69, 9.17) is 4.98 Å². The molecule has 2 aliphatic rings. The number of carbonyl (C=O) groups is 1. The number of imidazole rings is 1. The molecule has 0 atom stereocenters. The van der Waals surface area contributed by atoms with Gasteiger partial charge in [0.2, 0.25) is 10.0 Å². The number of nitrogens with zero attached hydrogens (tertiary/aromatic N) is 3. The molecule has 5 rings (SSSR count). The highest BCUT2D eigenvalue weighted by Gasteiger charge is 2.27. The van der Waals surface area contributed by atoms with E-state index in [1.165, 1.54) is 16.4 Å². The Morgan fingerprint density at radius 1 is 0.906 bits per heavy atom. The zero-order valence-corrected chi connectivity index (χ0v) is 18.6. The van der Waals surface area contributed by atoms with Crippen LogP contribution in [0.4, 0.5) is 5.69 Å². The summed E-state index contributed by atoms with van der Waals surface area (Å²) in [5.74, 6) is 0.800. The molecular weight excluding hydrogens is 424 g/mol. The highest BCUT2D eigenvalue weighted by molar-refractivity contribution is 7.89. The van der Waals surface area contributed by atoms with Crippen LogP contribution in [0.15, 0.2) is 59.6 Å². The molecule has 0 unspecified atom stereocenters. The second kappa shape index (κ2) is 8.52. The molecule has 2 aliphatic heterocycles. The zero-order chi connectivity index (χ0) is 22.1. The molecule has 1 amide bonds. The first-order valence-corrected chi connectivity index (χ1v) is 12.5. The van der Waals surface area contributed by atoms with Crippen LogP contribution in [-0.4, -0.2) is 41.3 Å². The summed E-state index contributed by atoms with van der Waals surface area (Å²) in [5, 5.41) is 2.97. The molecule has 2 aromatic carbocycles. The number of fused-ring (bicyclic) bond motifs is 1. The molecule has 0 spiro atoms. The van der Waals surface area contributed by atoms with E-state index >= 15 is 0 Å². The van der Waals surface area contributed by atoms with Gasteiger partial charge in [-0.25, -0.2) is 13.4 Å². The monoisotopic (exact) mass is 450 g/mol. The maximum atomic E-state index is 12.9. The van der Waals surface area contributed by atoms with Crippen molar-refractivity contribution in [3.63, 3.8) is 0 Å². The Bertz CT molecular complexity index is 1220. The largest absolute Gasteiger partial charge is 0.334 e. The van der Waals surface area contributed by atoms with Crippen molar-refractivity contribution >= 4 is 21.6 Å². The van der Waals surface area contributed by atoms with Crippen molar-refractivity contribution in [1.82, 2.24) is 13.9 Å². The molecule has 0 aliphatic carbocycles. The zero-order valence-electron chi connectivity index (χ0n) is 17.8. The Morgan fingerprint density at radius 2 is 1.62 bits per heavy atom. The van der Waals surface area contributed by atoms with Crippen LogP contribution in [0, 0.1) is 0 Å². The highest BCUT2D eigenvalue weighted by Crippen LogP contribution is 2.29. The topological polar surface area (TPSA) is 84.3 Å². The van der Waals surface area contributed by atoms with E-state index in [2.05, 4.69) is 16.1 Å². The Labute approximate surface area is 188 Å². The average molecular weight is 451 g/mol. The maximum Gasteiger partial charge on any atom is 0.255 e. The summed E-state index contributed by atoms with van der Waals surface area (Å²) in [6.45, 7) is 2.08. The summed E-state index contributed by atoms with van der Waals surface area (Å²) < 4.78 is 29.1. The van der Waals surface area contributed by atoms with Crippen LogP contribution in [-0.2, 0) is 23.0 Å². The molecule has 32 heavy (non-hydrogen) atoms. The lowest BCUT2D eigenvalue weighted by molar-refractivity contribution is 0.102. The number of para-hydroxylation sites is 1. The molecule has 1 N–H and O–H groups in total. The van der Waals surface area contributed by atoms with Crippen molar-refractivity contribution in [2.45, 2.75) is 43.5 Å². The third-order valence-electron chi connectivity index (χ3n) is 6.18. The van der Waals surface area contributed by atoms with Gasteiger partial charge in [-0.1, -0.05) is 18.2 Å². The number of carbonyl (C=O) groups excluding carboxylic acids is 1. The van der Waals surface area contributed by atoms with Crippen LogP contribution in [0.2, 0.25) is 0 Å². The smallest absolute Gasteiger partial charge is 0.255 e. The number of hydrogen-bond acceptors (Lipinski definition) is 4. The van der Waals surface area contributed by atoms with Crippen LogP contribution in [0.3, 0.4) is 0 Å². The van der Waals surface area contributed by atoms with E-state index in [1.54, 1.807) is 12.1 Å². The molecule has 7 nitrogen and oxygen atoms in total.